The summed E-state index contributed by atoms with van der Waals surface area (Å²) in [5.74, 6) is 0.718. The smallest absolute Gasteiger partial charge is 0.368 e. The van der Waals surface area contributed by atoms with E-state index in [-0.39, 0.29) is 5.69 Å². The molecule has 0 spiro atoms. The van der Waals surface area contributed by atoms with Crippen LogP contribution in [0.2, 0.25) is 5.02 Å². The molecular formula is C18H19ClN4O2. The van der Waals surface area contributed by atoms with Gasteiger partial charge in [0.1, 0.15) is 12.4 Å². The highest BCUT2D eigenvalue weighted by atomic mass is 35.5. The minimum Gasteiger partial charge on any atom is -0.488 e. The van der Waals surface area contributed by atoms with Crippen molar-refractivity contribution in [3.8, 4) is 11.4 Å². The summed E-state index contributed by atoms with van der Waals surface area (Å²) in [5, 5.41) is 8.36. The van der Waals surface area contributed by atoms with Crippen LogP contribution in [0, 0.1) is 6.92 Å². The first kappa shape index (κ1) is 17.2. The Kier molecular flexibility index (Phi) is 4.90. The molecule has 0 radical (unpaired) electrons. The normalized spacial score (nSPS) is 10.9. The number of rotatable bonds is 5. The number of aromatic nitrogens is 4. The van der Waals surface area contributed by atoms with E-state index in [1.54, 1.807) is 13.1 Å². The molecule has 0 atom stereocenters. The third-order valence-corrected chi connectivity index (χ3v) is 4.34. The lowest BCUT2D eigenvalue weighted by atomic mass is 10.0. The van der Waals surface area contributed by atoms with Gasteiger partial charge in [0.15, 0.2) is 0 Å². The molecule has 0 aliphatic carbocycles. The number of hydrogen-bond acceptors (Lipinski definition) is 4. The van der Waals surface area contributed by atoms with Crippen molar-refractivity contribution < 1.29 is 4.74 Å². The van der Waals surface area contributed by atoms with Crippen molar-refractivity contribution in [1.29, 1.82) is 0 Å². The molecule has 3 aromatic rings. The van der Waals surface area contributed by atoms with Gasteiger partial charge in [0.25, 0.3) is 0 Å². The Balaban J connectivity index is 2.01. The lowest BCUT2D eigenvalue weighted by Crippen LogP contribution is -2.23. The number of nitrogens with zero attached hydrogens (tertiary/aromatic N) is 4. The highest BCUT2D eigenvalue weighted by molar-refractivity contribution is 6.30. The fraction of sp³-hybridized carbons (Fsp3) is 0.278. The van der Waals surface area contributed by atoms with Crippen LogP contribution in [0.4, 0.5) is 0 Å². The number of halogens is 1. The Morgan fingerprint density at radius 1 is 1.20 bits per heavy atom. The highest BCUT2D eigenvalue weighted by Crippen LogP contribution is 2.25. The summed E-state index contributed by atoms with van der Waals surface area (Å²) in [6, 6.07) is 11.3. The number of benzene rings is 2. The molecule has 6 nitrogen and oxygen atoms in total. The van der Waals surface area contributed by atoms with E-state index in [1.807, 2.05) is 37.3 Å². The quantitative estimate of drug-likeness (QED) is 0.703. The molecule has 0 saturated heterocycles. The molecule has 3 rings (SSSR count). The van der Waals surface area contributed by atoms with E-state index in [1.165, 1.54) is 9.36 Å². The van der Waals surface area contributed by atoms with Gasteiger partial charge in [-0.15, -0.1) is 0 Å². The van der Waals surface area contributed by atoms with Gasteiger partial charge in [0, 0.05) is 17.6 Å². The minimum atomic E-state index is -0.298. The molecule has 0 N–H and O–H groups in total. The van der Waals surface area contributed by atoms with Crippen LogP contribution in [0.3, 0.4) is 0 Å². The van der Waals surface area contributed by atoms with Crippen LogP contribution in [-0.4, -0.2) is 19.8 Å². The van der Waals surface area contributed by atoms with Gasteiger partial charge < -0.3 is 4.74 Å². The van der Waals surface area contributed by atoms with E-state index in [0.29, 0.717) is 17.3 Å². The van der Waals surface area contributed by atoms with Gasteiger partial charge in [0.05, 0.1) is 5.69 Å². The summed E-state index contributed by atoms with van der Waals surface area (Å²) in [7, 11) is 1.57. The van der Waals surface area contributed by atoms with Crippen molar-refractivity contribution in [2.45, 2.75) is 26.9 Å². The second-order valence-electron chi connectivity index (χ2n) is 5.76. The Morgan fingerprint density at radius 2 is 2.00 bits per heavy atom. The van der Waals surface area contributed by atoms with Crippen molar-refractivity contribution in [3.63, 3.8) is 0 Å². The fourth-order valence-corrected chi connectivity index (χ4v) is 2.82. The first-order valence-corrected chi connectivity index (χ1v) is 8.38. The molecule has 25 heavy (non-hydrogen) atoms. The average molecular weight is 359 g/mol. The largest absolute Gasteiger partial charge is 0.488 e. The van der Waals surface area contributed by atoms with Gasteiger partial charge in [-0.2, -0.15) is 9.36 Å². The number of hydrogen-bond donors (Lipinski definition) is 0. The molecule has 130 valence electrons. The SMILES string of the molecule is CCc1cccc(-n2nnn(C)c2=O)c1COc1cc(Cl)ccc1C. The average Bonchev–Trinajstić information content (AvgIpc) is 2.94. The molecule has 0 aliphatic heterocycles. The maximum Gasteiger partial charge on any atom is 0.368 e. The maximum atomic E-state index is 12.2. The van der Waals surface area contributed by atoms with Crippen LogP contribution >= 0.6 is 11.6 Å². The monoisotopic (exact) mass is 358 g/mol. The molecule has 1 heterocycles. The second kappa shape index (κ2) is 7.11. The van der Waals surface area contributed by atoms with Crippen LogP contribution < -0.4 is 10.4 Å². The molecule has 0 saturated carbocycles. The van der Waals surface area contributed by atoms with Gasteiger partial charge in [-0.3, -0.25) is 0 Å². The second-order valence-corrected chi connectivity index (χ2v) is 6.20. The molecule has 0 amide bonds. The van der Waals surface area contributed by atoms with Crippen molar-refractivity contribution in [2.24, 2.45) is 7.05 Å². The predicted molar refractivity (Wildman–Crippen MR) is 96.5 cm³/mol. The zero-order valence-electron chi connectivity index (χ0n) is 14.4. The van der Waals surface area contributed by atoms with E-state index >= 15 is 0 Å². The Labute approximate surface area is 150 Å². The highest BCUT2D eigenvalue weighted by Gasteiger charge is 2.15. The summed E-state index contributed by atoms with van der Waals surface area (Å²) < 4.78 is 8.49. The number of ether oxygens (including phenoxy) is 1. The molecular weight excluding hydrogens is 340 g/mol. The summed E-state index contributed by atoms with van der Waals surface area (Å²) in [6.07, 6.45) is 0.816. The van der Waals surface area contributed by atoms with Crippen molar-refractivity contribution in [2.75, 3.05) is 0 Å². The van der Waals surface area contributed by atoms with Crippen LogP contribution in [-0.2, 0) is 20.1 Å². The van der Waals surface area contributed by atoms with E-state index in [2.05, 4.69) is 17.4 Å². The topological polar surface area (TPSA) is 61.9 Å². The zero-order chi connectivity index (χ0) is 18.0. The minimum absolute atomic E-state index is 0.298. The molecule has 0 bridgehead atoms. The van der Waals surface area contributed by atoms with E-state index < -0.39 is 0 Å². The maximum absolute atomic E-state index is 12.2. The lowest BCUT2D eigenvalue weighted by molar-refractivity contribution is 0.302. The first-order valence-electron chi connectivity index (χ1n) is 8.00. The Morgan fingerprint density at radius 3 is 2.68 bits per heavy atom. The van der Waals surface area contributed by atoms with E-state index in [9.17, 15) is 4.79 Å². The summed E-state index contributed by atoms with van der Waals surface area (Å²) in [6.45, 7) is 4.34. The van der Waals surface area contributed by atoms with Crippen molar-refractivity contribution in [3.05, 3.63) is 68.6 Å². The van der Waals surface area contributed by atoms with Crippen LogP contribution in [0.5, 0.6) is 5.75 Å². The molecule has 0 unspecified atom stereocenters. The molecule has 0 aliphatic rings. The van der Waals surface area contributed by atoms with Crippen LogP contribution in [0.1, 0.15) is 23.6 Å². The van der Waals surface area contributed by atoms with Gasteiger partial charge in [0.2, 0.25) is 0 Å². The molecule has 0 fully saturated rings. The fourth-order valence-electron chi connectivity index (χ4n) is 2.66. The third-order valence-electron chi connectivity index (χ3n) is 4.10. The predicted octanol–water partition coefficient (Wildman–Crippen LogP) is 3.07. The van der Waals surface area contributed by atoms with Gasteiger partial charge in [-0.25, -0.2) is 4.79 Å². The number of aryl methyl sites for hydroxylation is 3. The van der Waals surface area contributed by atoms with Crippen molar-refractivity contribution >= 4 is 11.6 Å². The summed E-state index contributed by atoms with van der Waals surface area (Å²) in [4.78, 5) is 12.2. The van der Waals surface area contributed by atoms with Gasteiger partial charge >= 0.3 is 5.69 Å². The van der Waals surface area contributed by atoms with E-state index in [0.717, 1.165) is 28.9 Å². The van der Waals surface area contributed by atoms with Crippen molar-refractivity contribution in [1.82, 2.24) is 19.8 Å². The molecule has 7 heteroatoms. The molecule has 2 aromatic carbocycles. The molecule has 1 aromatic heterocycles. The van der Waals surface area contributed by atoms with Crippen LogP contribution in [0.25, 0.3) is 5.69 Å². The Bertz CT molecular complexity index is 962. The third kappa shape index (κ3) is 3.44. The van der Waals surface area contributed by atoms with Crippen LogP contribution in [0.15, 0.2) is 41.2 Å². The standard InChI is InChI=1S/C18H19ClN4O2/c1-4-13-6-5-7-16(23-18(24)22(3)20-21-23)15(13)11-25-17-10-14(19)9-8-12(17)2/h5-10H,4,11H2,1-3H3. The van der Waals surface area contributed by atoms with Gasteiger partial charge in [-0.05, 0) is 53.1 Å². The Hall–Kier alpha value is -2.60. The van der Waals surface area contributed by atoms with E-state index in [4.69, 9.17) is 16.3 Å². The summed E-state index contributed by atoms with van der Waals surface area (Å²) in [5.41, 5.74) is 3.38. The zero-order valence-corrected chi connectivity index (χ0v) is 15.1. The number of tetrazole rings is 1. The van der Waals surface area contributed by atoms with Gasteiger partial charge in [-0.1, -0.05) is 36.7 Å². The first-order chi connectivity index (χ1) is 12.0. The lowest BCUT2D eigenvalue weighted by Gasteiger charge is -2.15. The summed E-state index contributed by atoms with van der Waals surface area (Å²) >= 11 is 6.06.